The predicted octanol–water partition coefficient (Wildman–Crippen LogP) is 3.54. The molecular formula is C24H26ClFN6O3. The molecule has 1 saturated heterocycles. The lowest BCUT2D eigenvalue weighted by Crippen LogP contribution is -2.38. The molecule has 1 fully saturated rings. The number of halogens is 2. The molecule has 3 aromatic rings. The van der Waals surface area contributed by atoms with Gasteiger partial charge in [-0.05, 0) is 37.2 Å². The molecule has 11 heteroatoms. The van der Waals surface area contributed by atoms with E-state index in [0.29, 0.717) is 28.6 Å². The zero-order valence-electron chi connectivity index (χ0n) is 19.3. The lowest BCUT2D eigenvalue weighted by molar-refractivity contribution is 0.0374. The lowest BCUT2D eigenvalue weighted by Gasteiger charge is -2.26. The molecule has 1 amide bonds. The van der Waals surface area contributed by atoms with E-state index in [0.717, 1.165) is 39.3 Å². The van der Waals surface area contributed by atoms with E-state index in [1.165, 1.54) is 37.7 Å². The van der Waals surface area contributed by atoms with E-state index in [4.69, 9.17) is 21.1 Å². The van der Waals surface area contributed by atoms with Crippen molar-refractivity contribution in [2.75, 3.05) is 51.8 Å². The molecule has 0 saturated carbocycles. The van der Waals surface area contributed by atoms with Crippen LogP contribution in [0, 0.1) is 5.82 Å². The van der Waals surface area contributed by atoms with Crippen LogP contribution in [0.4, 0.5) is 15.9 Å². The van der Waals surface area contributed by atoms with Gasteiger partial charge in [-0.15, -0.1) is 0 Å². The molecule has 35 heavy (non-hydrogen) atoms. The largest absolute Gasteiger partial charge is 0.491 e. The number of ether oxygens (including phenoxy) is 2. The number of anilines is 2. The van der Waals surface area contributed by atoms with E-state index < -0.39 is 5.82 Å². The molecule has 0 atom stereocenters. The maximum atomic E-state index is 14.4. The van der Waals surface area contributed by atoms with Crippen LogP contribution in [0.25, 0.3) is 11.4 Å². The first-order valence-corrected chi connectivity index (χ1v) is 11.6. The second-order valence-electron chi connectivity index (χ2n) is 7.84. The van der Waals surface area contributed by atoms with Crippen LogP contribution in [0.5, 0.6) is 5.75 Å². The number of carbonyl (C=O) groups is 1. The second kappa shape index (κ2) is 11.9. The summed E-state index contributed by atoms with van der Waals surface area (Å²) in [6.45, 7) is 4.73. The maximum Gasteiger partial charge on any atom is 0.254 e. The summed E-state index contributed by atoms with van der Waals surface area (Å²) in [5.41, 5.74) is 0.964. The highest BCUT2D eigenvalue weighted by atomic mass is 35.5. The van der Waals surface area contributed by atoms with Gasteiger partial charge in [-0.1, -0.05) is 11.6 Å². The number of amides is 1. The van der Waals surface area contributed by atoms with Crippen LogP contribution in [-0.2, 0) is 4.74 Å². The molecule has 1 aliphatic rings. The van der Waals surface area contributed by atoms with E-state index >= 15 is 0 Å². The van der Waals surface area contributed by atoms with Gasteiger partial charge in [0.2, 0.25) is 0 Å². The molecule has 1 aliphatic heterocycles. The predicted molar refractivity (Wildman–Crippen MR) is 131 cm³/mol. The van der Waals surface area contributed by atoms with Crippen LogP contribution in [0.15, 0.2) is 42.9 Å². The summed E-state index contributed by atoms with van der Waals surface area (Å²) >= 11 is 6.02. The normalized spacial score (nSPS) is 13.9. The number of aromatic nitrogens is 3. The fraction of sp³-hybridized carbons (Fsp3) is 0.333. The van der Waals surface area contributed by atoms with E-state index in [2.05, 4.69) is 30.5 Å². The molecule has 3 heterocycles. The summed E-state index contributed by atoms with van der Waals surface area (Å²) in [7, 11) is 1.47. The lowest BCUT2D eigenvalue weighted by atomic mass is 10.2. The summed E-state index contributed by atoms with van der Waals surface area (Å²) in [6.07, 6.45) is 5.29. The SMILES string of the molecule is COc1cnc(-c2cc(Cl)ccc2F)nc1Nc1ccncc1C(=O)NCCCN1CCOCC1. The quantitative estimate of drug-likeness (QED) is 0.430. The molecule has 9 nitrogen and oxygen atoms in total. The molecule has 184 valence electrons. The summed E-state index contributed by atoms with van der Waals surface area (Å²) in [5.74, 6) is -0.0611. The van der Waals surface area contributed by atoms with Gasteiger partial charge in [0.05, 0.1) is 43.3 Å². The van der Waals surface area contributed by atoms with E-state index in [-0.39, 0.29) is 23.1 Å². The number of morpholine rings is 1. The number of hydrogen-bond acceptors (Lipinski definition) is 8. The van der Waals surface area contributed by atoms with Crippen LogP contribution >= 0.6 is 11.6 Å². The fourth-order valence-electron chi connectivity index (χ4n) is 3.64. The minimum atomic E-state index is -0.508. The van der Waals surface area contributed by atoms with Crippen LogP contribution in [0.3, 0.4) is 0 Å². The first-order chi connectivity index (χ1) is 17.0. The van der Waals surface area contributed by atoms with Gasteiger partial charge in [-0.2, -0.15) is 0 Å². The Bertz CT molecular complexity index is 1180. The molecule has 0 radical (unpaired) electrons. The van der Waals surface area contributed by atoms with Crippen molar-refractivity contribution in [2.45, 2.75) is 6.42 Å². The van der Waals surface area contributed by atoms with Crippen LogP contribution < -0.4 is 15.4 Å². The zero-order valence-corrected chi connectivity index (χ0v) is 20.0. The number of nitrogens with zero attached hydrogens (tertiary/aromatic N) is 4. The second-order valence-corrected chi connectivity index (χ2v) is 8.28. The molecule has 1 aromatic carbocycles. The Morgan fingerprint density at radius 1 is 1.26 bits per heavy atom. The average Bonchev–Trinajstić information content (AvgIpc) is 2.89. The van der Waals surface area contributed by atoms with Crippen molar-refractivity contribution < 1.29 is 18.7 Å². The minimum absolute atomic E-state index is 0.122. The maximum absolute atomic E-state index is 14.4. The Labute approximate surface area is 207 Å². The van der Waals surface area contributed by atoms with Crippen molar-refractivity contribution >= 4 is 29.0 Å². The molecule has 0 bridgehead atoms. The smallest absolute Gasteiger partial charge is 0.254 e. The first kappa shape index (κ1) is 24.8. The zero-order chi connectivity index (χ0) is 24.6. The molecule has 0 aliphatic carbocycles. The van der Waals surface area contributed by atoms with E-state index in [1.807, 2.05) is 0 Å². The van der Waals surface area contributed by atoms with Crippen molar-refractivity contribution in [3.8, 4) is 17.1 Å². The Kier molecular flexibility index (Phi) is 8.40. The van der Waals surface area contributed by atoms with Crippen LogP contribution in [0.1, 0.15) is 16.8 Å². The number of nitrogens with one attached hydrogen (secondary N) is 2. The van der Waals surface area contributed by atoms with Gasteiger partial charge in [0.25, 0.3) is 5.91 Å². The fourth-order valence-corrected chi connectivity index (χ4v) is 3.82. The molecule has 2 aromatic heterocycles. The highest BCUT2D eigenvalue weighted by Crippen LogP contribution is 2.30. The molecular weight excluding hydrogens is 475 g/mol. The van der Waals surface area contributed by atoms with Crippen LogP contribution in [0.2, 0.25) is 5.02 Å². The Morgan fingerprint density at radius 3 is 2.89 bits per heavy atom. The highest BCUT2D eigenvalue weighted by molar-refractivity contribution is 6.30. The number of rotatable bonds is 9. The van der Waals surface area contributed by atoms with Crippen molar-refractivity contribution in [3.05, 3.63) is 59.3 Å². The number of benzene rings is 1. The number of methoxy groups -OCH3 is 1. The van der Waals surface area contributed by atoms with Crippen LogP contribution in [-0.4, -0.2) is 72.3 Å². The third kappa shape index (κ3) is 6.41. The van der Waals surface area contributed by atoms with E-state index in [9.17, 15) is 9.18 Å². The number of hydrogen-bond donors (Lipinski definition) is 2. The summed E-state index contributed by atoms with van der Waals surface area (Å²) in [4.78, 5) is 27.9. The van der Waals surface area contributed by atoms with Gasteiger partial charge < -0.3 is 20.1 Å². The summed E-state index contributed by atoms with van der Waals surface area (Å²) in [6, 6.07) is 5.81. The molecule has 4 rings (SSSR count). The third-order valence-electron chi connectivity index (χ3n) is 5.50. The minimum Gasteiger partial charge on any atom is -0.491 e. The average molecular weight is 501 g/mol. The third-order valence-corrected chi connectivity index (χ3v) is 5.74. The number of pyridine rings is 1. The Balaban J connectivity index is 1.48. The summed E-state index contributed by atoms with van der Waals surface area (Å²) < 4.78 is 25.1. The van der Waals surface area contributed by atoms with Gasteiger partial charge in [0, 0.05) is 37.1 Å². The van der Waals surface area contributed by atoms with Gasteiger partial charge in [0.1, 0.15) is 5.82 Å². The van der Waals surface area contributed by atoms with Crippen molar-refractivity contribution in [3.63, 3.8) is 0 Å². The Morgan fingerprint density at radius 2 is 2.09 bits per heavy atom. The topological polar surface area (TPSA) is 102 Å². The highest BCUT2D eigenvalue weighted by Gasteiger charge is 2.17. The van der Waals surface area contributed by atoms with Crippen molar-refractivity contribution in [2.24, 2.45) is 0 Å². The van der Waals surface area contributed by atoms with Gasteiger partial charge in [-0.3, -0.25) is 14.7 Å². The van der Waals surface area contributed by atoms with Gasteiger partial charge >= 0.3 is 0 Å². The van der Waals surface area contributed by atoms with Gasteiger partial charge in [-0.25, -0.2) is 14.4 Å². The first-order valence-electron chi connectivity index (χ1n) is 11.2. The summed E-state index contributed by atoms with van der Waals surface area (Å²) in [5, 5.41) is 6.40. The molecule has 0 unspecified atom stereocenters. The van der Waals surface area contributed by atoms with Crippen molar-refractivity contribution in [1.29, 1.82) is 0 Å². The standard InChI is InChI=1S/C24H26ClFN6O3/c1-34-21-15-29-22(17-13-16(25)3-4-19(17)26)31-23(21)30-20-5-7-27-14-18(20)24(33)28-6-2-8-32-9-11-35-12-10-32/h3-5,7,13-15H,2,6,8-12H2,1H3,(H,28,33)(H,27,29,30,31). The molecule has 0 spiro atoms. The molecule has 2 N–H and O–H groups in total. The van der Waals surface area contributed by atoms with Crippen molar-refractivity contribution in [1.82, 2.24) is 25.2 Å². The Hall–Kier alpha value is -3.34. The number of carbonyl (C=O) groups excluding carboxylic acids is 1. The van der Waals surface area contributed by atoms with Gasteiger partial charge in [0.15, 0.2) is 17.4 Å². The monoisotopic (exact) mass is 500 g/mol. The van der Waals surface area contributed by atoms with E-state index in [1.54, 1.807) is 12.3 Å².